The number of anilines is 1. The van der Waals surface area contributed by atoms with Gasteiger partial charge in [0.1, 0.15) is 5.75 Å². The zero-order valence-electron chi connectivity index (χ0n) is 29.6. The van der Waals surface area contributed by atoms with Crippen LogP contribution in [0.2, 0.25) is 0 Å². The van der Waals surface area contributed by atoms with E-state index < -0.39 is 0 Å². The molecule has 0 atom stereocenters. The summed E-state index contributed by atoms with van der Waals surface area (Å²) in [7, 11) is 0. The van der Waals surface area contributed by atoms with Crippen LogP contribution >= 0.6 is 0 Å². The average Bonchev–Trinajstić information content (AvgIpc) is 3.40. The Hall–Kier alpha value is -6.38. The van der Waals surface area contributed by atoms with Crippen LogP contribution in [-0.2, 0) is 5.41 Å². The van der Waals surface area contributed by atoms with Gasteiger partial charge < -0.3 is 10.8 Å². The van der Waals surface area contributed by atoms with E-state index in [2.05, 4.69) is 160 Å². The molecular formula is C50H39NO. The van der Waals surface area contributed by atoms with E-state index in [4.69, 9.17) is 10.8 Å². The van der Waals surface area contributed by atoms with E-state index in [1.807, 2.05) is 0 Å². The van der Waals surface area contributed by atoms with Gasteiger partial charge in [0.2, 0.25) is 0 Å². The molecule has 250 valence electrons. The number of rotatable bonds is 2. The van der Waals surface area contributed by atoms with Crippen molar-refractivity contribution in [1.82, 2.24) is 0 Å². The summed E-state index contributed by atoms with van der Waals surface area (Å²) < 4.78 is 0. The van der Waals surface area contributed by atoms with E-state index in [1.165, 1.54) is 93.2 Å². The number of hydrogen-bond acceptors (Lipinski definition) is 2. The number of phenolic OH excluding ortho intramolecular Hbond substituents is 1. The number of benzene rings is 9. The van der Waals surface area contributed by atoms with Gasteiger partial charge in [-0.15, -0.1) is 0 Å². The fourth-order valence-electron chi connectivity index (χ4n) is 8.44. The molecule has 10 rings (SSSR count). The molecule has 0 radical (unpaired) electrons. The number of nitrogens with two attached hydrogens (primary N) is 1. The number of hydrogen-bond donors (Lipinski definition) is 2. The van der Waals surface area contributed by atoms with Gasteiger partial charge in [0, 0.05) is 5.41 Å². The molecule has 0 spiro atoms. The van der Waals surface area contributed by atoms with Gasteiger partial charge in [-0.3, -0.25) is 0 Å². The Morgan fingerprint density at radius 1 is 0.442 bits per heavy atom. The van der Waals surface area contributed by atoms with Crippen molar-refractivity contribution < 1.29 is 5.11 Å². The molecule has 0 aliphatic heterocycles. The second kappa shape index (κ2) is 12.1. The van der Waals surface area contributed by atoms with Crippen molar-refractivity contribution in [2.75, 3.05) is 5.73 Å². The number of para-hydroxylation sites is 2. The largest absolute Gasteiger partial charge is 0.506 e. The smallest absolute Gasteiger partial charge is 0.138 e. The van der Waals surface area contributed by atoms with Crippen LogP contribution in [-0.4, -0.2) is 5.11 Å². The lowest BCUT2D eigenvalue weighted by Crippen LogP contribution is -2.14. The summed E-state index contributed by atoms with van der Waals surface area (Å²) in [5.74, 6) is 0.146. The zero-order chi connectivity index (χ0) is 35.6. The van der Waals surface area contributed by atoms with E-state index in [1.54, 1.807) is 24.3 Å². The van der Waals surface area contributed by atoms with Crippen LogP contribution in [0.4, 0.5) is 5.69 Å². The predicted molar refractivity (Wildman–Crippen MR) is 222 cm³/mol. The molecule has 2 nitrogen and oxygen atoms in total. The van der Waals surface area contributed by atoms with Crippen molar-refractivity contribution in [2.45, 2.75) is 26.2 Å². The highest BCUT2D eigenvalue weighted by molar-refractivity contribution is 6.26. The summed E-state index contributed by atoms with van der Waals surface area (Å²) in [5, 5.41) is 19.2. The quantitative estimate of drug-likeness (QED) is 0.0833. The van der Waals surface area contributed by atoms with Crippen LogP contribution in [0, 0.1) is 6.92 Å². The molecule has 52 heavy (non-hydrogen) atoms. The van der Waals surface area contributed by atoms with Gasteiger partial charge in [-0.1, -0.05) is 153 Å². The summed E-state index contributed by atoms with van der Waals surface area (Å²) in [6, 6.07) is 59.0. The topological polar surface area (TPSA) is 46.2 Å². The number of phenols is 1. The van der Waals surface area contributed by atoms with Crippen LogP contribution in [0.15, 0.2) is 164 Å². The Kier molecular flexibility index (Phi) is 7.38. The maximum Gasteiger partial charge on any atom is 0.138 e. The monoisotopic (exact) mass is 669 g/mol. The molecule has 0 bridgehead atoms. The summed E-state index contributed by atoms with van der Waals surface area (Å²) in [6.45, 7) is 6.94. The number of aryl methyl sites for hydroxylation is 1. The molecule has 0 aromatic heterocycles. The summed E-state index contributed by atoms with van der Waals surface area (Å²) >= 11 is 0. The molecule has 9 aromatic carbocycles. The molecular weight excluding hydrogens is 631 g/mol. The lowest BCUT2D eigenvalue weighted by Gasteiger charge is -2.24. The minimum absolute atomic E-state index is 0.0848. The molecule has 0 unspecified atom stereocenters. The second-order valence-electron chi connectivity index (χ2n) is 14.5. The van der Waals surface area contributed by atoms with Crippen molar-refractivity contribution in [1.29, 1.82) is 0 Å². The summed E-state index contributed by atoms with van der Waals surface area (Å²) in [4.78, 5) is 0. The fourth-order valence-corrected chi connectivity index (χ4v) is 8.44. The molecule has 3 N–H and O–H groups in total. The van der Waals surface area contributed by atoms with Crippen molar-refractivity contribution in [2.24, 2.45) is 0 Å². The molecule has 9 aromatic rings. The molecule has 2 heteroatoms. The Labute approximate surface area is 304 Å². The van der Waals surface area contributed by atoms with E-state index in [-0.39, 0.29) is 11.2 Å². The van der Waals surface area contributed by atoms with Crippen molar-refractivity contribution in [3.8, 4) is 39.1 Å². The van der Waals surface area contributed by atoms with Gasteiger partial charge in [0.15, 0.2) is 0 Å². The summed E-state index contributed by atoms with van der Waals surface area (Å²) in [5.41, 5.74) is 17.6. The van der Waals surface area contributed by atoms with E-state index in [9.17, 15) is 0 Å². The molecule has 0 saturated carbocycles. The second-order valence-corrected chi connectivity index (χ2v) is 14.5. The van der Waals surface area contributed by atoms with Gasteiger partial charge in [-0.25, -0.2) is 0 Å². The average molecular weight is 670 g/mol. The lowest BCUT2D eigenvalue weighted by atomic mass is 9.79. The lowest BCUT2D eigenvalue weighted by molar-refractivity contribution is 0.478. The van der Waals surface area contributed by atoms with Crippen LogP contribution in [0.3, 0.4) is 0 Å². The van der Waals surface area contributed by atoms with E-state index in [0.29, 0.717) is 5.69 Å². The highest BCUT2D eigenvalue weighted by Gasteiger charge is 2.36. The first kappa shape index (κ1) is 31.6. The van der Waals surface area contributed by atoms with E-state index in [0.717, 1.165) is 0 Å². The van der Waals surface area contributed by atoms with Gasteiger partial charge >= 0.3 is 0 Å². The highest BCUT2D eigenvalue weighted by atomic mass is 16.3. The molecule has 0 fully saturated rings. The zero-order valence-corrected chi connectivity index (χ0v) is 29.6. The molecule has 1 aliphatic carbocycles. The van der Waals surface area contributed by atoms with Crippen molar-refractivity contribution in [3.63, 3.8) is 0 Å². The minimum atomic E-state index is -0.0848. The predicted octanol–water partition coefficient (Wildman–Crippen LogP) is 13.2. The van der Waals surface area contributed by atoms with Gasteiger partial charge in [0.05, 0.1) is 5.69 Å². The first-order valence-electron chi connectivity index (χ1n) is 18.0. The third-order valence-electron chi connectivity index (χ3n) is 11.0. The maximum atomic E-state index is 8.79. The third kappa shape index (κ3) is 4.94. The van der Waals surface area contributed by atoms with Crippen LogP contribution in [0.1, 0.15) is 30.5 Å². The van der Waals surface area contributed by atoms with E-state index >= 15 is 0 Å². The Morgan fingerprint density at radius 2 is 1.02 bits per heavy atom. The summed E-state index contributed by atoms with van der Waals surface area (Å²) in [6.07, 6.45) is 0. The van der Waals surface area contributed by atoms with Crippen LogP contribution in [0.25, 0.3) is 76.5 Å². The molecule has 1 aliphatic rings. The number of aromatic hydroxyl groups is 1. The Morgan fingerprint density at radius 3 is 1.73 bits per heavy atom. The fraction of sp³-hybridized carbons (Fsp3) is 0.0800. The molecule has 0 amide bonds. The van der Waals surface area contributed by atoms with Crippen LogP contribution < -0.4 is 5.73 Å². The first-order chi connectivity index (χ1) is 25.3. The Balaban J connectivity index is 0.000000401. The third-order valence-corrected chi connectivity index (χ3v) is 11.0. The van der Waals surface area contributed by atoms with Gasteiger partial charge in [-0.05, 0) is 125 Å². The molecule has 0 heterocycles. The number of fused-ring (bicyclic) bond motifs is 8. The number of nitrogen functional groups attached to an aromatic ring is 1. The Bertz CT molecular complexity index is 2820. The molecule has 0 saturated heterocycles. The normalized spacial score (nSPS) is 12.8. The van der Waals surface area contributed by atoms with Gasteiger partial charge in [0.25, 0.3) is 0 Å². The maximum absolute atomic E-state index is 8.79. The first-order valence-corrected chi connectivity index (χ1v) is 18.0. The standard InChI is InChI=1S/C44H32.C6H7NO/c1-27-20-22-28(23-21-27)42-34-17-8-9-18-35(34)43(37-24-29-12-4-5-13-30(29)31-14-6-7-15-32(31)37)39-26-41-36(25-38(39)42)33-16-10-11-19-40(33)44(41,2)3;7-5-3-1-2-4-6(5)8/h4-26H,1-3H3;1-4,8H,7H2. The van der Waals surface area contributed by atoms with Crippen molar-refractivity contribution in [3.05, 3.63) is 180 Å². The van der Waals surface area contributed by atoms with Crippen molar-refractivity contribution >= 4 is 48.8 Å². The SMILES string of the molecule is Cc1ccc(-c2c3ccccc3c(-c3cc4ccccc4c4ccccc34)c3cc4c(cc23)-c2ccccc2C4(C)C)cc1.Nc1ccccc1O. The van der Waals surface area contributed by atoms with Crippen LogP contribution in [0.5, 0.6) is 5.75 Å². The highest BCUT2D eigenvalue weighted by Crippen LogP contribution is 2.53. The van der Waals surface area contributed by atoms with Gasteiger partial charge in [-0.2, -0.15) is 0 Å². The minimum Gasteiger partial charge on any atom is -0.506 e.